The van der Waals surface area contributed by atoms with Crippen molar-refractivity contribution in [2.24, 2.45) is 21.8 Å². The van der Waals surface area contributed by atoms with Crippen LogP contribution in [-0.2, 0) is 53.9 Å². The van der Waals surface area contributed by atoms with Crippen LogP contribution in [0.1, 0.15) is 43.2 Å². The van der Waals surface area contributed by atoms with Crippen LogP contribution in [0.15, 0.2) is 93.6 Å². The van der Waals surface area contributed by atoms with E-state index in [1.165, 1.54) is 0 Å². The summed E-state index contributed by atoms with van der Waals surface area (Å²) in [5.74, 6) is -2.54. The van der Waals surface area contributed by atoms with Crippen LogP contribution >= 0.6 is 75.3 Å². The second kappa shape index (κ2) is 21.6. The van der Waals surface area contributed by atoms with Gasteiger partial charge in [0.15, 0.2) is 5.54 Å². The molecule has 1 saturated heterocycles. The number of aliphatic imine (C=N–C) groups is 1. The Kier molecular flexibility index (Phi) is 16.0. The van der Waals surface area contributed by atoms with E-state index in [9.17, 15) is 9.59 Å². The number of benzene rings is 2. The smallest absolute Gasteiger partial charge is 0.277 e. The van der Waals surface area contributed by atoms with Crippen molar-refractivity contribution in [1.29, 1.82) is 0 Å². The first-order valence-corrected chi connectivity index (χ1v) is 35.3. The molecule has 1 aliphatic carbocycles. The van der Waals surface area contributed by atoms with E-state index in [0.29, 0.717) is 73.0 Å². The van der Waals surface area contributed by atoms with Crippen LogP contribution < -0.4 is 32.5 Å². The molecule has 9 rings (SSSR count). The first-order valence-electron chi connectivity index (χ1n) is 24.3. The molecule has 1 unspecified atom stereocenters. The van der Waals surface area contributed by atoms with Crippen LogP contribution in [0, 0.1) is 11.8 Å². The number of rotatable bonds is 16. The summed E-state index contributed by atoms with van der Waals surface area (Å²) in [5, 5.41) is 8.86. The fraction of sp³-hybridized carbons (Fsp3) is 0.440. The minimum Gasteiger partial charge on any atom is -0.361 e. The van der Waals surface area contributed by atoms with Gasteiger partial charge in [0.2, 0.25) is 11.6 Å². The van der Waals surface area contributed by atoms with Gasteiger partial charge in [-0.25, -0.2) is 9.98 Å². The molecular formula is C50H59Br4ClN10O6Si2. The number of nitrogens with zero attached hydrogens (tertiary/aromatic N) is 6. The molecule has 23 heteroatoms. The van der Waals surface area contributed by atoms with Gasteiger partial charge in [-0.15, -0.1) is 11.6 Å². The van der Waals surface area contributed by atoms with Crippen molar-refractivity contribution in [2.45, 2.75) is 102 Å². The van der Waals surface area contributed by atoms with Crippen LogP contribution in [0.4, 0.5) is 0 Å². The zero-order valence-corrected chi connectivity index (χ0v) is 50.6. The van der Waals surface area contributed by atoms with Crippen molar-refractivity contribution in [1.82, 2.24) is 39.5 Å². The molecule has 4 N–H and O–H groups in total. The standard InChI is InChI=1S/C50H59Br4ClN10O6Si2/c1-72(2,3)17-15-70-27-64-37(19-35(51)42(64)53)44(66)56-23-33-34(24-57-45(67)38-20-36(52)43(54)65(38)28-71-16-18-73(4,5)6)41(55)50(47(69)63-26-32-14-10-8-12-30(32)22-59-49(63)61-50)39(33)40-46(68)62-25-31-13-9-7-11-29(31)21-58-48(62)60-40/h7-14,19-20,33-34,41H,15-18,21-28H2,1-6H3,(H,56,66)(H,57,67)(H,58,60)(H,59,61)/b40-39-/t33-,34+,41-,50?/m1/s1. The van der Waals surface area contributed by atoms with Crippen molar-refractivity contribution >= 4 is 121 Å². The number of nitrogens with one attached hydrogen (secondary N) is 4. The number of fused-ring (bicyclic) bond motifs is 4. The van der Waals surface area contributed by atoms with E-state index in [2.05, 4.69) is 124 Å². The third-order valence-corrected chi connectivity index (χ3v) is 22.1. The minimum atomic E-state index is -1.77. The summed E-state index contributed by atoms with van der Waals surface area (Å²) in [6, 6.07) is 21.0. The molecule has 5 aromatic rings. The van der Waals surface area contributed by atoms with Gasteiger partial charge in [-0.2, -0.15) is 0 Å². The van der Waals surface area contributed by atoms with E-state index in [1.807, 2.05) is 48.5 Å². The van der Waals surface area contributed by atoms with Crippen LogP contribution in [0.2, 0.25) is 51.4 Å². The molecule has 1 spiro atoms. The van der Waals surface area contributed by atoms with Crippen molar-refractivity contribution in [3.63, 3.8) is 0 Å². The molecule has 388 valence electrons. The Hall–Kier alpha value is -3.88. The Morgan fingerprint density at radius 1 is 0.753 bits per heavy atom. The van der Waals surface area contributed by atoms with Crippen molar-refractivity contribution < 1.29 is 23.9 Å². The highest BCUT2D eigenvalue weighted by molar-refractivity contribution is 9.13. The SMILES string of the molecule is C[Si](C)(C)CCOCn1c(C(=O)NC[C@@H]2[C@@H](Cl)C3(NC4=NCc5ccccc5CN4C3=O)/C(=c3\[nH]c4n(c3=O)Cc3ccccc3CN=4)[C@@H]2CNC(=O)c2cc(Br)c(Br)n2COCC[Si](C)(C)C)cc(Br)c1Br. The van der Waals surface area contributed by atoms with Gasteiger partial charge < -0.3 is 39.5 Å². The van der Waals surface area contributed by atoms with E-state index in [-0.39, 0.29) is 45.0 Å². The van der Waals surface area contributed by atoms with Gasteiger partial charge in [-0.1, -0.05) is 87.8 Å². The molecule has 3 aliphatic heterocycles. The van der Waals surface area contributed by atoms with Gasteiger partial charge in [-0.05, 0) is 110 Å². The largest absolute Gasteiger partial charge is 0.361 e. The maximum atomic E-state index is 15.8. The number of hydrogen-bond acceptors (Lipinski definition) is 9. The average molecular weight is 1310 g/mol. The lowest BCUT2D eigenvalue weighted by Crippen LogP contribution is -2.56. The van der Waals surface area contributed by atoms with E-state index in [0.717, 1.165) is 34.3 Å². The second-order valence-electron chi connectivity index (χ2n) is 21.4. The average Bonchev–Trinajstić information content (AvgIpc) is 3.97. The molecule has 3 aromatic heterocycles. The number of aromatic amines is 1. The number of hydrogen-bond donors (Lipinski definition) is 4. The fourth-order valence-corrected chi connectivity index (χ4v) is 13.6. The summed E-state index contributed by atoms with van der Waals surface area (Å²) in [5.41, 5.74) is 2.98. The number of alkyl halides is 1. The lowest BCUT2D eigenvalue weighted by atomic mass is 9.88. The van der Waals surface area contributed by atoms with E-state index in [1.54, 1.807) is 30.7 Å². The Bertz CT molecular complexity index is 3220. The van der Waals surface area contributed by atoms with Crippen molar-refractivity contribution in [3.05, 3.63) is 134 Å². The Balaban J connectivity index is 1.14. The molecule has 0 radical (unpaired) electrons. The normalized spacial score (nSPS) is 21.1. The molecule has 6 heterocycles. The highest BCUT2D eigenvalue weighted by atomic mass is 79.9. The summed E-state index contributed by atoms with van der Waals surface area (Å²) in [6.07, 6.45) is 0. The number of aromatic nitrogens is 4. The lowest BCUT2D eigenvalue weighted by molar-refractivity contribution is -0.129. The van der Waals surface area contributed by atoms with E-state index >= 15 is 9.59 Å². The molecule has 0 bridgehead atoms. The van der Waals surface area contributed by atoms with Crippen LogP contribution in [0.25, 0.3) is 5.57 Å². The van der Waals surface area contributed by atoms with Crippen LogP contribution in [0.3, 0.4) is 0 Å². The molecular weight excluding hydrogens is 1250 g/mol. The summed E-state index contributed by atoms with van der Waals surface area (Å²) in [6.45, 7) is 15.9. The Morgan fingerprint density at radius 2 is 1.26 bits per heavy atom. The Labute approximate surface area is 464 Å². The third-order valence-electron chi connectivity index (χ3n) is 14.0. The van der Waals surface area contributed by atoms with Gasteiger partial charge in [0.1, 0.15) is 39.4 Å². The monoisotopic (exact) mass is 1300 g/mol. The fourth-order valence-electron chi connectivity index (χ4n) is 9.90. The number of carbonyl (C=O) groups excluding carboxylic acids is 3. The molecule has 4 aliphatic rings. The number of ether oxygens (including phenoxy) is 2. The first-order chi connectivity index (χ1) is 34.7. The summed E-state index contributed by atoms with van der Waals surface area (Å²) >= 11 is 22.4. The Morgan fingerprint density at radius 3 is 1.81 bits per heavy atom. The molecule has 16 nitrogen and oxygen atoms in total. The highest BCUT2D eigenvalue weighted by Gasteiger charge is 2.66. The molecule has 1 saturated carbocycles. The van der Waals surface area contributed by atoms with Gasteiger partial charge >= 0.3 is 0 Å². The third kappa shape index (κ3) is 10.9. The quantitative estimate of drug-likeness (QED) is 0.0443. The molecule has 73 heavy (non-hydrogen) atoms. The van der Waals surface area contributed by atoms with Crippen LogP contribution in [-0.4, -0.2) is 101 Å². The maximum Gasteiger partial charge on any atom is 0.277 e. The summed E-state index contributed by atoms with van der Waals surface area (Å²) < 4.78 is 19.9. The molecule has 2 aromatic carbocycles. The zero-order chi connectivity index (χ0) is 52.1. The van der Waals surface area contributed by atoms with Gasteiger partial charge in [0.05, 0.1) is 40.5 Å². The highest BCUT2D eigenvalue weighted by Crippen LogP contribution is 2.51. The summed E-state index contributed by atoms with van der Waals surface area (Å²) in [7, 11) is -2.78. The first kappa shape index (κ1) is 53.9. The topological polar surface area (TPSA) is 181 Å². The van der Waals surface area contributed by atoms with Crippen LogP contribution in [0.5, 0.6) is 0 Å². The second-order valence-corrected chi connectivity index (χ2v) is 36.4. The molecule has 4 atom stereocenters. The lowest BCUT2D eigenvalue weighted by Gasteiger charge is -2.28. The van der Waals surface area contributed by atoms with Gasteiger partial charge in [0.25, 0.3) is 23.3 Å². The number of imidazole rings is 1. The number of amides is 3. The van der Waals surface area contributed by atoms with E-state index in [4.69, 9.17) is 31.1 Å². The van der Waals surface area contributed by atoms with Gasteiger partial charge in [0, 0.05) is 59.9 Å². The number of carbonyl (C=O) groups is 3. The predicted molar refractivity (Wildman–Crippen MR) is 302 cm³/mol. The van der Waals surface area contributed by atoms with Gasteiger partial charge in [-0.3, -0.25) is 28.6 Å². The maximum absolute atomic E-state index is 15.8. The molecule has 2 fully saturated rings. The predicted octanol–water partition coefficient (Wildman–Crippen LogP) is 7.74. The zero-order valence-electron chi connectivity index (χ0n) is 41.5. The number of guanidine groups is 1. The van der Waals surface area contributed by atoms with Crippen molar-refractivity contribution in [2.75, 3.05) is 26.3 Å². The van der Waals surface area contributed by atoms with E-state index < -0.39 is 62.2 Å². The number of H-pyrrole nitrogens is 1. The minimum absolute atomic E-state index is 0.0577. The number of halogens is 5. The molecule has 3 amide bonds. The summed E-state index contributed by atoms with van der Waals surface area (Å²) in [4.78, 5) is 75.0. The van der Waals surface area contributed by atoms with Crippen molar-refractivity contribution in [3.8, 4) is 0 Å².